The van der Waals surface area contributed by atoms with Gasteiger partial charge in [0.25, 0.3) is 0 Å². The maximum absolute atomic E-state index is 12.0. The summed E-state index contributed by atoms with van der Waals surface area (Å²) in [6.45, 7) is 8.00. The summed E-state index contributed by atoms with van der Waals surface area (Å²) in [5.74, 6) is 0.692. The molecule has 0 aliphatic heterocycles. The summed E-state index contributed by atoms with van der Waals surface area (Å²) < 4.78 is 5.75. The summed E-state index contributed by atoms with van der Waals surface area (Å²) in [6, 6.07) is 9.53. The zero-order valence-corrected chi connectivity index (χ0v) is 14.8. The van der Waals surface area contributed by atoms with E-state index in [0.717, 1.165) is 16.7 Å². The van der Waals surface area contributed by atoms with Crippen molar-refractivity contribution in [3.63, 3.8) is 0 Å². The Hall–Kier alpha value is -2.30. The van der Waals surface area contributed by atoms with Crippen LogP contribution in [0.25, 0.3) is 11.0 Å². The zero-order chi connectivity index (χ0) is 17.7. The van der Waals surface area contributed by atoms with Gasteiger partial charge in [0, 0.05) is 23.8 Å². The molecule has 2 aromatic rings. The van der Waals surface area contributed by atoms with Crippen molar-refractivity contribution in [2.24, 2.45) is 5.41 Å². The molecule has 0 fully saturated rings. The highest BCUT2D eigenvalue weighted by molar-refractivity contribution is 5.81. The van der Waals surface area contributed by atoms with Gasteiger partial charge in [-0.1, -0.05) is 39.0 Å². The number of fused-ring (bicyclic) bond motifs is 1. The number of para-hydroxylation sites is 1. The highest BCUT2D eigenvalue weighted by Crippen LogP contribution is 2.23. The molecule has 0 aliphatic rings. The van der Waals surface area contributed by atoms with Crippen molar-refractivity contribution in [2.75, 3.05) is 6.54 Å². The molecule has 0 radical (unpaired) electrons. The van der Waals surface area contributed by atoms with E-state index >= 15 is 0 Å². The smallest absolute Gasteiger partial charge is 0.225 e. The van der Waals surface area contributed by atoms with E-state index in [4.69, 9.17) is 4.42 Å². The minimum Gasteiger partial charge on any atom is -0.459 e. The molecule has 0 saturated carbocycles. The van der Waals surface area contributed by atoms with Gasteiger partial charge in [0.1, 0.15) is 11.3 Å². The van der Waals surface area contributed by atoms with Gasteiger partial charge in [-0.2, -0.15) is 0 Å². The normalized spacial score (nSPS) is 12.8. The van der Waals surface area contributed by atoms with Gasteiger partial charge in [-0.3, -0.25) is 9.59 Å². The van der Waals surface area contributed by atoms with Gasteiger partial charge in [0.2, 0.25) is 11.8 Å². The second-order valence-corrected chi connectivity index (χ2v) is 7.09. The Bertz CT molecular complexity index is 680. The summed E-state index contributed by atoms with van der Waals surface area (Å²) in [5, 5.41) is 6.80. The molecule has 130 valence electrons. The number of hydrogen-bond acceptors (Lipinski definition) is 3. The molecule has 1 heterocycles. The Morgan fingerprint density at radius 3 is 2.58 bits per heavy atom. The number of furan rings is 1. The molecule has 1 atom stereocenters. The Labute approximate surface area is 142 Å². The SMILES string of the molecule is CC(NC(=O)CCCNC(=O)C(C)(C)C)c1cc2ccccc2o1. The van der Waals surface area contributed by atoms with Crippen LogP contribution in [-0.2, 0) is 9.59 Å². The van der Waals surface area contributed by atoms with Crippen LogP contribution < -0.4 is 10.6 Å². The van der Waals surface area contributed by atoms with E-state index in [9.17, 15) is 9.59 Å². The molecular formula is C19H26N2O3. The number of rotatable bonds is 6. The molecule has 1 aromatic carbocycles. The van der Waals surface area contributed by atoms with Crippen LogP contribution >= 0.6 is 0 Å². The highest BCUT2D eigenvalue weighted by Gasteiger charge is 2.20. The molecule has 0 aliphatic carbocycles. The molecule has 0 saturated heterocycles. The number of nitrogens with one attached hydrogen (secondary N) is 2. The van der Waals surface area contributed by atoms with Crippen LogP contribution in [0.1, 0.15) is 52.3 Å². The van der Waals surface area contributed by atoms with Crippen molar-refractivity contribution in [3.05, 3.63) is 36.1 Å². The average molecular weight is 330 g/mol. The summed E-state index contributed by atoms with van der Waals surface area (Å²) in [7, 11) is 0. The fourth-order valence-electron chi connectivity index (χ4n) is 2.32. The third-order valence-electron chi connectivity index (χ3n) is 3.80. The van der Waals surface area contributed by atoms with Gasteiger partial charge in [0.15, 0.2) is 0 Å². The van der Waals surface area contributed by atoms with E-state index in [-0.39, 0.29) is 17.9 Å². The molecule has 1 unspecified atom stereocenters. The van der Waals surface area contributed by atoms with Gasteiger partial charge in [-0.25, -0.2) is 0 Å². The number of carbonyl (C=O) groups excluding carboxylic acids is 2. The van der Waals surface area contributed by atoms with E-state index < -0.39 is 5.41 Å². The lowest BCUT2D eigenvalue weighted by Gasteiger charge is -2.17. The molecule has 1 aromatic heterocycles. The number of amides is 2. The van der Waals surface area contributed by atoms with Crippen molar-refractivity contribution < 1.29 is 14.0 Å². The van der Waals surface area contributed by atoms with Gasteiger partial charge in [-0.15, -0.1) is 0 Å². The van der Waals surface area contributed by atoms with E-state index in [2.05, 4.69) is 10.6 Å². The number of carbonyl (C=O) groups is 2. The highest BCUT2D eigenvalue weighted by atomic mass is 16.3. The van der Waals surface area contributed by atoms with E-state index in [1.54, 1.807) is 0 Å². The van der Waals surface area contributed by atoms with Crippen LogP contribution in [0.2, 0.25) is 0 Å². The lowest BCUT2D eigenvalue weighted by molar-refractivity contribution is -0.128. The molecule has 5 nitrogen and oxygen atoms in total. The molecule has 0 spiro atoms. The maximum Gasteiger partial charge on any atom is 0.225 e. The van der Waals surface area contributed by atoms with Crippen LogP contribution in [0, 0.1) is 5.41 Å². The summed E-state index contributed by atoms with van der Waals surface area (Å²) in [5.41, 5.74) is 0.413. The van der Waals surface area contributed by atoms with E-state index in [1.807, 2.05) is 58.0 Å². The number of hydrogen-bond donors (Lipinski definition) is 2. The van der Waals surface area contributed by atoms with Crippen LogP contribution in [-0.4, -0.2) is 18.4 Å². The molecule has 24 heavy (non-hydrogen) atoms. The number of benzene rings is 1. The first-order valence-corrected chi connectivity index (χ1v) is 8.33. The van der Waals surface area contributed by atoms with Gasteiger partial charge in [0.05, 0.1) is 6.04 Å². The molecule has 5 heteroatoms. The molecular weight excluding hydrogens is 304 g/mol. The lowest BCUT2D eigenvalue weighted by atomic mass is 9.96. The lowest BCUT2D eigenvalue weighted by Crippen LogP contribution is -2.36. The van der Waals surface area contributed by atoms with Gasteiger partial charge in [-0.05, 0) is 25.5 Å². The van der Waals surface area contributed by atoms with Crippen molar-refractivity contribution in [3.8, 4) is 0 Å². The van der Waals surface area contributed by atoms with Gasteiger partial charge >= 0.3 is 0 Å². The third kappa shape index (κ3) is 4.85. The minimum atomic E-state index is -0.405. The topological polar surface area (TPSA) is 71.3 Å². The zero-order valence-electron chi connectivity index (χ0n) is 14.8. The summed E-state index contributed by atoms with van der Waals surface area (Å²) in [6.07, 6.45) is 0.982. The summed E-state index contributed by atoms with van der Waals surface area (Å²) >= 11 is 0. The largest absolute Gasteiger partial charge is 0.459 e. The van der Waals surface area contributed by atoms with Crippen LogP contribution in [0.5, 0.6) is 0 Å². The standard InChI is InChI=1S/C19H26N2O3/c1-13(16-12-14-8-5-6-9-15(14)24-16)21-17(22)10-7-11-20-18(23)19(2,3)4/h5-6,8-9,12-13H,7,10-11H2,1-4H3,(H,20,23)(H,21,22). The Morgan fingerprint density at radius 2 is 1.92 bits per heavy atom. The fourth-order valence-corrected chi connectivity index (χ4v) is 2.32. The monoisotopic (exact) mass is 330 g/mol. The Balaban J connectivity index is 1.76. The second kappa shape index (κ2) is 7.51. The molecule has 2 rings (SSSR count). The fraction of sp³-hybridized carbons (Fsp3) is 0.474. The first-order valence-electron chi connectivity index (χ1n) is 8.33. The van der Waals surface area contributed by atoms with Crippen molar-refractivity contribution >= 4 is 22.8 Å². The van der Waals surface area contributed by atoms with E-state index in [1.165, 1.54) is 0 Å². The first-order chi connectivity index (χ1) is 11.3. The maximum atomic E-state index is 12.0. The average Bonchev–Trinajstić information content (AvgIpc) is 2.94. The van der Waals surface area contributed by atoms with Crippen molar-refractivity contribution in [1.82, 2.24) is 10.6 Å². The Morgan fingerprint density at radius 1 is 1.21 bits per heavy atom. The quantitative estimate of drug-likeness (QED) is 0.796. The van der Waals surface area contributed by atoms with Crippen molar-refractivity contribution in [2.45, 2.75) is 46.6 Å². The third-order valence-corrected chi connectivity index (χ3v) is 3.80. The Kier molecular flexibility index (Phi) is 5.65. The first kappa shape index (κ1) is 18.0. The van der Waals surface area contributed by atoms with Crippen LogP contribution in [0.3, 0.4) is 0 Å². The van der Waals surface area contributed by atoms with Crippen molar-refractivity contribution in [1.29, 1.82) is 0 Å². The minimum absolute atomic E-state index is 0.00134. The van der Waals surface area contributed by atoms with Crippen LogP contribution in [0.15, 0.2) is 34.7 Å². The second-order valence-electron chi connectivity index (χ2n) is 7.09. The molecule has 0 bridgehead atoms. The predicted molar refractivity (Wildman–Crippen MR) is 94.5 cm³/mol. The molecule has 2 N–H and O–H groups in total. The van der Waals surface area contributed by atoms with Crippen LogP contribution in [0.4, 0.5) is 0 Å². The predicted octanol–water partition coefficient (Wildman–Crippen LogP) is 3.55. The van der Waals surface area contributed by atoms with Gasteiger partial charge < -0.3 is 15.1 Å². The molecule has 2 amide bonds. The van der Waals surface area contributed by atoms with E-state index in [0.29, 0.717) is 19.4 Å². The summed E-state index contributed by atoms with van der Waals surface area (Å²) in [4.78, 5) is 23.8.